The summed E-state index contributed by atoms with van der Waals surface area (Å²) in [5, 5.41) is 1.32. The average molecular weight is 281 g/mol. The number of para-hydroxylation sites is 1. The van der Waals surface area contributed by atoms with Gasteiger partial charge in [-0.25, -0.2) is 0 Å². The summed E-state index contributed by atoms with van der Waals surface area (Å²) >= 11 is 0. The number of benzene rings is 3. The first kappa shape index (κ1) is 11.8. The highest BCUT2D eigenvalue weighted by Gasteiger charge is 2.21. The Bertz CT molecular complexity index is 993. The maximum Gasteiger partial charge on any atom is 0.0569 e. The summed E-state index contributed by atoms with van der Waals surface area (Å²) in [6.45, 7) is 0. The van der Waals surface area contributed by atoms with E-state index in [0.717, 1.165) is 6.42 Å². The zero-order valence-electron chi connectivity index (χ0n) is 12.2. The van der Waals surface area contributed by atoms with E-state index in [-0.39, 0.29) is 0 Å². The Labute approximate surface area is 129 Å². The van der Waals surface area contributed by atoms with Gasteiger partial charge in [-0.1, -0.05) is 54.6 Å². The smallest absolute Gasteiger partial charge is 0.0569 e. The topological polar surface area (TPSA) is 4.93 Å². The SMILES string of the molecule is c1ccc(-n2ccc3ccc4c(c32)Cc2ccccc2-4)cc1. The van der Waals surface area contributed by atoms with Crippen LogP contribution < -0.4 is 0 Å². The van der Waals surface area contributed by atoms with Gasteiger partial charge in [0.25, 0.3) is 0 Å². The second-order valence-electron chi connectivity index (χ2n) is 5.88. The molecule has 0 saturated carbocycles. The highest BCUT2D eigenvalue weighted by atomic mass is 15.0. The molecule has 4 aromatic rings. The first-order valence-corrected chi connectivity index (χ1v) is 7.68. The van der Waals surface area contributed by atoms with Crippen LogP contribution in [0.5, 0.6) is 0 Å². The lowest BCUT2D eigenvalue weighted by atomic mass is 10.0. The van der Waals surface area contributed by atoms with Gasteiger partial charge in [0, 0.05) is 23.7 Å². The van der Waals surface area contributed by atoms with Gasteiger partial charge in [-0.05, 0) is 40.5 Å². The van der Waals surface area contributed by atoms with E-state index >= 15 is 0 Å². The van der Waals surface area contributed by atoms with Gasteiger partial charge in [0.05, 0.1) is 5.52 Å². The van der Waals surface area contributed by atoms with Crippen molar-refractivity contribution in [2.75, 3.05) is 0 Å². The van der Waals surface area contributed by atoms with Gasteiger partial charge in [-0.2, -0.15) is 0 Å². The van der Waals surface area contributed by atoms with E-state index in [2.05, 4.69) is 83.6 Å². The molecule has 0 N–H and O–H groups in total. The molecule has 0 spiro atoms. The molecule has 0 atom stereocenters. The van der Waals surface area contributed by atoms with Crippen LogP contribution >= 0.6 is 0 Å². The number of fused-ring (bicyclic) bond motifs is 5. The van der Waals surface area contributed by atoms with Gasteiger partial charge in [-0.3, -0.25) is 0 Å². The molecule has 0 fully saturated rings. The van der Waals surface area contributed by atoms with Crippen LogP contribution in [0.15, 0.2) is 79.0 Å². The zero-order valence-corrected chi connectivity index (χ0v) is 12.2. The van der Waals surface area contributed by atoms with Crippen LogP contribution in [0.4, 0.5) is 0 Å². The van der Waals surface area contributed by atoms with Gasteiger partial charge in [-0.15, -0.1) is 0 Å². The molecule has 0 radical (unpaired) electrons. The number of hydrogen-bond acceptors (Lipinski definition) is 0. The Morgan fingerprint density at radius 1 is 0.682 bits per heavy atom. The molecule has 1 heteroatoms. The average Bonchev–Trinajstić information content (AvgIpc) is 3.16. The third kappa shape index (κ3) is 1.54. The van der Waals surface area contributed by atoms with E-state index in [9.17, 15) is 0 Å². The Kier molecular flexibility index (Phi) is 2.33. The fourth-order valence-corrected chi connectivity index (χ4v) is 3.67. The Morgan fingerprint density at radius 3 is 2.41 bits per heavy atom. The summed E-state index contributed by atoms with van der Waals surface area (Å²) in [6.07, 6.45) is 3.21. The molecule has 0 amide bonds. The van der Waals surface area contributed by atoms with E-state index in [0.29, 0.717) is 0 Å². The van der Waals surface area contributed by atoms with Gasteiger partial charge < -0.3 is 4.57 Å². The second kappa shape index (κ2) is 4.35. The molecule has 0 saturated heterocycles. The molecule has 1 aliphatic rings. The summed E-state index contributed by atoms with van der Waals surface area (Å²) in [4.78, 5) is 0. The molecule has 22 heavy (non-hydrogen) atoms. The minimum atomic E-state index is 1.03. The molecular weight excluding hydrogens is 266 g/mol. The molecule has 3 aromatic carbocycles. The van der Waals surface area contributed by atoms with E-state index in [1.165, 1.54) is 38.8 Å². The monoisotopic (exact) mass is 281 g/mol. The van der Waals surface area contributed by atoms with Crippen LogP contribution in [-0.2, 0) is 6.42 Å². The van der Waals surface area contributed by atoms with Gasteiger partial charge in [0.2, 0.25) is 0 Å². The van der Waals surface area contributed by atoms with Crippen molar-refractivity contribution < 1.29 is 0 Å². The summed E-state index contributed by atoms with van der Waals surface area (Å²) in [5.74, 6) is 0. The van der Waals surface area contributed by atoms with E-state index in [1.54, 1.807) is 0 Å². The Morgan fingerprint density at radius 2 is 1.50 bits per heavy atom. The summed E-state index contributed by atoms with van der Waals surface area (Å²) in [5.41, 5.74) is 8.24. The van der Waals surface area contributed by atoms with Crippen LogP contribution in [-0.4, -0.2) is 4.57 Å². The van der Waals surface area contributed by atoms with E-state index in [1.807, 2.05) is 0 Å². The number of rotatable bonds is 1. The number of aromatic nitrogens is 1. The van der Waals surface area contributed by atoms with Gasteiger partial charge in [0.1, 0.15) is 0 Å². The first-order valence-electron chi connectivity index (χ1n) is 7.68. The molecule has 5 rings (SSSR count). The predicted molar refractivity (Wildman–Crippen MR) is 91.5 cm³/mol. The first-order chi connectivity index (χ1) is 10.9. The van der Waals surface area contributed by atoms with E-state index in [4.69, 9.17) is 0 Å². The second-order valence-corrected chi connectivity index (χ2v) is 5.88. The standard InChI is InChI=1S/C21H15N/c1-2-7-17(8-3-1)22-13-12-15-10-11-19-18-9-5-4-6-16(18)14-20(19)21(15)22/h1-13H,14H2. The molecule has 1 heterocycles. The summed E-state index contributed by atoms with van der Waals surface area (Å²) < 4.78 is 2.32. The lowest BCUT2D eigenvalue weighted by Gasteiger charge is -2.09. The third-order valence-electron chi connectivity index (χ3n) is 4.67. The minimum Gasteiger partial charge on any atom is -0.316 e. The highest BCUT2D eigenvalue weighted by Crippen LogP contribution is 2.41. The maximum absolute atomic E-state index is 2.32. The van der Waals surface area contributed by atoms with Crippen LogP contribution in [0, 0.1) is 0 Å². The normalized spacial score (nSPS) is 12.4. The highest BCUT2D eigenvalue weighted by molar-refractivity contribution is 5.94. The van der Waals surface area contributed by atoms with Crippen molar-refractivity contribution in [2.45, 2.75) is 6.42 Å². The number of nitrogens with zero attached hydrogens (tertiary/aromatic N) is 1. The molecule has 0 bridgehead atoms. The van der Waals surface area contributed by atoms with Gasteiger partial charge in [0.15, 0.2) is 0 Å². The molecule has 1 aromatic heterocycles. The Balaban J connectivity index is 1.83. The van der Waals surface area contributed by atoms with Crippen molar-refractivity contribution >= 4 is 10.9 Å². The largest absolute Gasteiger partial charge is 0.316 e. The quantitative estimate of drug-likeness (QED) is 0.398. The third-order valence-corrected chi connectivity index (χ3v) is 4.67. The molecule has 1 aliphatic carbocycles. The van der Waals surface area contributed by atoms with Crippen molar-refractivity contribution in [2.24, 2.45) is 0 Å². The molecule has 1 nitrogen and oxygen atoms in total. The van der Waals surface area contributed by atoms with Gasteiger partial charge >= 0.3 is 0 Å². The van der Waals surface area contributed by atoms with Crippen molar-refractivity contribution in [1.82, 2.24) is 4.57 Å². The fraction of sp³-hybridized carbons (Fsp3) is 0.0476. The lowest BCUT2D eigenvalue weighted by molar-refractivity contribution is 1.11. The van der Waals surface area contributed by atoms with Crippen LogP contribution in [0.1, 0.15) is 11.1 Å². The van der Waals surface area contributed by atoms with Crippen LogP contribution in [0.2, 0.25) is 0 Å². The molecule has 0 unspecified atom stereocenters. The maximum atomic E-state index is 2.32. The van der Waals surface area contributed by atoms with Crippen molar-refractivity contribution in [3.05, 3.63) is 90.1 Å². The van der Waals surface area contributed by atoms with Crippen molar-refractivity contribution in [3.63, 3.8) is 0 Å². The minimum absolute atomic E-state index is 1.03. The molecular formula is C21H15N. The summed E-state index contributed by atoms with van der Waals surface area (Å²) in [6, 6.07) is 26.1. The Hall–Kier alpha value is -2.80. The van der Waals surface area contributed by atoms with E-state index < -0.39 is 0 Å². The van der Waals surface area contributed by atoms with Crippen molar-refractivity contribution in [1.29, 1.82) is 0 Å². The predicted octanol–water partition coefficient (Wildman–Crippen LogP) is 5.20. The zero-order chi connectivity index (χ0) is 14.5. The van der Waals surface area contributed by atoms with Crippen LogP contribution in [0.3, 0.4) is 0 Å². The lowest BCUT2D eigenvalue weighted by Crippen LogP contribution is -1.94. The fourth-order valence-electron chi connectivity index (χ4n) is 3.67. The number of hydrogen-bond donors (Lipinski definition) is 0. The van der Waals surface area contributed by atoms with Crippen molar-refractivity contribution in [3.8, 4) is 16.8 Å². The molecule has 0 aliphatic heterocycles. The molecule has 104 valence electrons. The summed E-state index contributed by atoms with van der Waals surface area (Å²) in [7, 11) is 0. The van der Waals surface area contributed by atoms with Crippen LogP contribution in [0.25, 0.3) is 27.7 Å².